The fourth-order valence-electron chi connectivity index (χ4n) is 3.10. The second-order valence-electron chi connectivity index (χ2n) is 6.89. The molecule has 1 aliphatic carbocycles. The predicted molar refractivity (Wildman–Crippen MR) is 92.5 cm³/mol. The van der Waals surface area contributed by atoms with Crippen LogP contribution in [0.3, 0.4) is 0 Å². The van der Waals surface area contributed by atoms with E-state index in [0.717, 1.165) is 6.92 Å². The molecule has 1 heterocycles. The van der Waals surface area contributed by atoms with Gasteiger partial charge in [-0.15, -0.1) is 0 Å². The Balaban J connectivity index is 2.35. The average molecular weight is 401 g/mol. The van der Waals surface area contributed by atoms with E-state index >= 15 is 0 Å². The summed E-state index contributed by atoms with van der Waals surface area (Å²) in [6.07, 6.45) is 0. The molecular weight excluding hydrogens is 384 g/mol. The first-order valence-corrected chi connectivity index (χ1v) is 8.40. The zero-order valence-electron chi connectivity index (χ0n) is 15.5. The summed E-state index contributed by atoms with van der Waals surface area (Å²) in [6.45, 7) is 5.11. The maximum absolute atomic E-state index is 14.6. The smallest absolute Gasteiger partial charge is 0.380 e. The molecule has 0 N–H and O–H groups in total. The summed E-state index contributed by atoms with van der Waals surface area (Å²) in [6, 6.07) is 8.12. The zero-order valence-corrected chi connectivity index (χ0v) is 15.5. The van der Waals surface area contributed by atoms with Gasteiger partial charge in [-0.2, -0.15) is 26.3 Å². The molecule has 0 spiro atoms. The van der Waals surface area contributed by atoms with E-state index in [1.54, 1.807) is 30.3 Å². The molecule has 0 radical (unpaired) electrons. The van der Waals surface area contributed by atoms with Crippen molar-refractivity contribution in [2.45, 2.75) is 45.5 Å². The molecule has 0 saturated heterocycles. The molecule has 0 fully saturated rings. The van der Waals surface area contributed by atoms with Crippen LogP contribution in [-0.2, 0) is 0 Å². The second kappa shape index (κ2) is 6.25. The molecular formula is C20H17F6NO. The number of hydrogen-bond donors (Lipinski definition) is 0. The maximum atomic E-state index is 14.6. The van der Waals surface area contributed by atoms with Gasteiger partial charge in [-0.3, -0.25) is 0 Å². The van der Waals surface area contributed by atoms with E-state index in [9.17, 15) is 26.3 Å². The predicted octanol–water partition coefficient (Wildman–Crippen LogP) is 6.68. The molecule has 0 aliphatic heterocycles. The molecule has 0 unspecified atom stereocenters. The number of benzene rings is 1. The fraction of sp³-hybridized carbons (Fsp3) is 0.350. The summed E-state index contributed by atoms with van der Waals surface area (Å²) < 4.78 is 91.9. The molecule has 1 aromatic heterocycles. The van der Waals surface area contributed by atoms with Gasteiger partial charge >= 0.3 is 17.8 Å². The SMILES string of the molecule is CC(C)=C(C)C1=C(c2nc(-c3ccccc3)oc2C)C(F)(F)C(F)(F)C1(F)F. The van der Waals surface area contributed by atoms with Crippen LogP contribution in [0.1, 0.15) is 32.2 Å². The van der Waals surface area contributed by atoms with Gasteiger partial charge in [-0.1, -0.05) is 23.8 Å². The summed E-state index contributed by atoms with van der Waals surface area (Å²) in [5.41, 5.74) is -3.32. The van der Waals surface area contributed by atoms with E-state index in [4.69, 9.17) is 4.42 Å². The number of halogens is 6. The highest BCUT2D eigenvalue weighted by Crippen LogP contribution is 2.63. The third kappa shape index (κ3) is 2.61. The number of oxazole rings is 1. The number of allylic oxidation sites excluding steroid dienone is 4. The third-order valence-corrected chi connectivity index (χ3v) is 4.85. The van der Waals surface area contributed by atoms with Crippen LogP contribution < -0.4 is 0 Å². The van der Waals surface area contributed by atoms with Gasteiger partial charge < -0.3 is 4.42 Å². The van der Waals surface area contributed by atoms with Crippen molar-refractivity contribution in [2.24, 2.45) is 0 Å². The van der Waals surface area contributed by atoms with Crippen molar-refractivity contribution in [3.63, 3.8) is 0 Å². The highest BCUT2D eigenvalue weighted by atomic mass is 19.3. The van der Waals surface area contributed by atoms with E-state index in [1.807, 2.05) is 0 Å². The molecule has 0 amide bonds. The molecule has 1 aromatic carbocycles. The highest BCUT2D eigenvalue weighted by Gasteiger charge is 2.80. The van der Waals surface area contributed by atoms with Crippen LogP contribution in [0.4, 0.5) is 26.3 Å². The molecule has 8 heteroatoms. The quantitative estimate of drug-likeness (QED) is 0.536. The molecule has 3 rings (SSSR count). The van der Waals surface area contributed by atoms with Crippen LogP contribution in [0.25, 0.3) is 17.0 Å². The summed E-state index contributed by atoms with van der Waals surface area (Å²) in [5, 5.41) is 0. The van der Waals surface area contributed by atoms with E-state index in [1.165, 1.54) is 20.8 Å². The van der Waals surface area contributed by atoms with Gasteiger partial charge in [0.05, 0.1) is 5.57 Å². The van der Waals surface area contributed by atoms with Gasteiger partial charge in [0.1, 0.15) is 11.5 Å². The standard InChI is InChI=1S/C20H17F6NO/c1-10(2)11(3)14-15(19(23,24)20(25,26)18(14,21)22)16-12(4)28-17(27-16)13-8-6-5-7-9-13/h5-9H,1-4H3. The van der Waals surface area contributed by atoms with Crippen LogP contribution in [0.15, 0.2) is 51.5 Å². The number of alkyl halides is 6. The Morgan fingerprint density at radius 3 is 2.00 bits per heavy atom. The zero-order chi connectivity index (χ0) is 21.1. The number of nitrogens with zero attached hydrogens (tertiary/aromatic N) is 1. The first-order valence-electron chi connectivity index (χ1n) is 8.40. The van der Waals surface area contributed by atoms with Crippen molar-refractivity contribution < 1.29 is 30.8 Å². The van der Waals surface area contributed by atoms with Crippen LogP contribution in [0.5, 0.6) is 0 Å². The first kappa shape index (κ1) is 20.2. The Labute approximate surface area is 157 Å². The Bertz CT molecular complexity index is 981. The monoisotopic (exact) mass is 401 g/mol. The molecule has 150 valence electrons. The van der Waals surface area contributed by atoms with Gasteiger partial charge in [0.15, 0.2) is 0 Å². The molecule has 0 bridgehead atoms. The van der Waals surface area contributed by atoms with Gasteiger partial charge in [0.2, 0.25) is 5.89 Å². The maximum Gasteiger partial charge on any atom is 0.380 e. The Morgan fingerprint density at radius 1 is 0.893 bits per heavy atom. The van der Waals surface area contributed by atoms with E-state index in [2.05, 4.69) is 4.98 Å². The molecule has 2 aromatic rings. The summed E-state index contributed by atoms with van der Waals surface area (Å²) in [5.74, 6) is -16.2. The fourth-order valence-corrected chi connectivity index (χ4v) is 3.10. The molecule has 1 aliphatic rings. The van der Waals surface area contributed by atoms with Crippen molar-refractivity contribution in [3.05, 3.63) is 58.5 Å². The number of aromatic nitrogens is 1. The van der Waals surface area contributed by atoms with Crippen molar-refractivity contribution in [2.75, 3.05) is 0 Å². The van der Waals surface area contributed by atoms with Gasteiger partial charge in [0, 0.05) is 11.1 Å². The van der Waals surface area contributed by atoms with Crippen LogP contribution in [0.2, 0.25) is 0 Å². The topological polar surface area (TPSA) is 26.0 Å². The van der Waals surface area contributed by atoms with Crippen LogP contribution in [0, 0.1) is 6.92 Å². The summed E-state index contributed by atoms with van der Waals surface area (Å²) in [4.78, 5) is 3.89. The molecule has 0 atom stereocenters. The van der Waals surface area contributed by atoms with E-state index in [-0.39, 0.29) is 22.8 Å². The molecule has 28 heavy (non-hydrogen) atoms. The van der Waals surface area contributed by atoms with Crippen molar-refractivity contribution in [1.29, 1.82) is 0 Å². The highest BCUT2D eigenvalue weighted by molar-refractivity contribution is 5.83. The third-order valence-electron chi connectivity index (χ3n) is 4.85. The number of hydrogen-bond acceptors (Lipinski definition) is 2. The lowest BCUT2D eigenvalue weighted by Crippen LogP contribution is -2.49. The number of rotatable bonds is 3. The summed E-state index contributed by atoms with van der Waals surface area (Å²) >= 11 is 0. The Kier molecular flexibility index (Phi) is 4.52. The van der Waals surface area contributed by atoms with E-state index in [0.29, 0.717) is 5.56 Å². The normalized spacial score (nSPS) is 19.8. The first-order chi connectivity index (χ1) is 12.8. The van der Waals surface area contributed by atoms with Gasteiger partial charge in [-0.25, -0.2) is 4.98 Å². The summed E-state index contributed by atoms with van der Waals surface area (Å²) in [7, 11) is 0. The minimum Gasteiger partial charge on any atom is -0.441 e. The average Bonchev–Trinajstić information content (AvgIpc) is 3.03. The van der Waals surface area contributed by atoms with Gasteiger partial charge in [0.25, 0.3) is 0 Å². The minimum atomic E-state index is -5.60. The lowest BCUT2D eigenvalue weighted by atomic mass is 9.95. The van der Waals surface area contributed by atoms with Crippen LogP contribution in [-0.4, -0.2) is 22.8 Å². The lowest BCUT2D eigenvalue weighted by molar-refractivity contribution is -0.259. The van der Waals surface area contributed by atoms with Crippen LogP contribution >= 0.6 is 0 Å². The van der Waals surface area contributed by atoms with Crippen molar-refractivity contribution in [1.82, 2.24) is 4.98 Å². The number of aryl methyl sites for hydroxylation is 1. The molecule has 0 saturated carbocycles. The second-order valence-corrected chi connectivity index (χ2v) is 6.89. The minimum absolute atomic E-state index is 0.121. The van der Waals surface area contributed by atoms with E-state index < -0.39 is 34.6 Å². The molecule has 2 nitrogen and oxygen atoms in total. The lowest BCUT2D eigenvalue weighted by Gasteiger charge is -2.25. The largest absolute Gasteiger partial charge is 0.441 e. The van der Waals surface area contributed by atoms with Gasteiger partial charge in [-0.05, 0) is 45.4 Å². The van der Waals surface area contributed by atoms with Crippen molar-refractivity contribution >= 4 is 5.57 Å². The Hall–Kier alpha value is -2.51. The Morgan fingerprint density at radius 2 is 1.46 bits per heavy atom. The van der Waals surface area contributed by atoms with Crippen molar-refractivity contribution in [3.8, 4) is 11.5 Å².